The Morgan fingerprint density at radius 1 is 1.28 bits per heavy atom. The zero-order valence-corrected chi connectivity index (χ0v) is 19.6. The lowest BCUT2D eigenvalue weighted by atomic mass is 9.95. The van der Waals surface area contributed by atoms with E-state index in [0.29, 0.717) is 16.7 Å². The molecule has 2 N–H and O–H groups in total. The highest BCUT2D eigenvalue weighted by Gasteiger charge is 2.43. The van der Waals surface area contributed by atoms with Gasteiger partial charge in [-0.05, 0) is 17.7 Å². The third kappa shape index (κ3) is 3.45. The van der Waals surface area contributed by atoms with Gasteiger partial charge in [-0.3, -0.25) is 4.79 Å². The first-order chi connectivity index (χ1) is 17.1. The normalized spacial score (nSPS) is 15.5. The molecule has 1 atom stereocenters. The number of amides is 1. The van der Waals surface area contributed by atoms with Crippen LogP contribution < -0.4 is 9.64 Å². The van der Waals surface area contributed by atoms with Crippen molar-refractivity contribution in [3.8, 4) is 11.5 Å². The van der Waals surface area contributed by atoms with Crippen molar-refractivity contribution >= 4 is 51.0 Å². The molecule has 0 unspecified atom stereocenters. The smallest absolute Gasteiger partial charge is 0.432 e. The Kier molecular flexibility index (Phi) is 5.55. The number of nitrogens with zero attached hydrogens (tertiary/aromatic N) is 1. The topological polar surface area (TPSA) is 105 Å². The number of aromatic amines is 1. The molecule has 0 radical (unpaired) electrons. The van der Waals surface area contributed by atoms with Crippen molar-refractivity contribution in [3.63, 3.8) is 0 Å². The monoisotopic (exact) mass is 522 g/mol. The Labute approximate surface area is 206 Å². The van der Waals surface area contributed by atoms with Crippen molar-refractivity contribution in [2.45, 2.75) is 12.1 Å². The van der Waals surface area contributed by atoms with Crippen LogP contribution >= 0.6 is 11.6 Å². The Balaban J connectivity index is 1.73. The van der Waals surface area contributed by atoms with Crippen molar-refractivity contribution < 1.29 is 41.8 Å². The van der Waals surface area contributed by atoms with Crippen LogP contribution in [0.5, 0.6) is 11.5 Å². The summed E-state index contributed by atoms with van der Waals surface area (Å²) in [5.74, 6) is -2.78. The van der Waals surface area contributed by atoms with Gasteiger partial charge in [0.25, 0.3) is 5.91 Å². The van der Waals surface area contributed by atoms with Gasteiger partial charge in [-0.15, -0.1) is 11.6 Å². The molecule has 188 valence electrons. The third-order valence-corrected chi connectivity index (χ3v) is 6.59. The number of H-pyrrole nitrogens is 1. The Morgan fingerprint density at radius 3 is 2.67 bits per heavy atom. The van der Waals surface area contributed by atoms with Crippen LogP contribution in [0.3, 0.4) is 0 Å². The van der Waals surface area contributed by atoms with E-state index in [-0.39, 0.29) is 40.3 Å². The first kappa shape index (κ1) is 23.9. The van der Waals surface area contributed by atoms with Gasteiger partial charge >= 0.3 is 12.1 Å². The number of hydrogen-bond donors (Lipinski definition) is 2. The molecule has 36 heavy (non-hydrogen) atoms. The average Bonchev–Trinajstić information content (AvgIpc) is 3.55. The number of hydrogen-bond acceptors (Lipinski definition) is 6. The molecule has 0 aliphatic carbocycles. The fraction of sp³-hybridized carbons (Fsp3) is 0.250. The van der Waals surface area contributed by atoms with E-state index in [4.69, 9.17) is 20.8 Å². The van der Waals surface area contributed by atoms with Crippen molar-refractivity contribution in [3.05, 3.63) is 52.9 Å². The molecule has 0 spiro atoms. The van der Waals surface area contributed by atoms with Crippen LogP contribution in [0.2, 0.25) is 0 Å². The quantitative estimate of drug-likeness (QED) is 0.274. The fourth-order valence-corrected chi connectivity index (χ4v) is 4.94. The summed E-state index contributed by atoms with van der Waals surface area (Å²) >= 11 is 6.17. The van der Waals surface area contributed by atoms with E-state index in [9.17, 15) is 27.9 Å². The minimum Gasteiger partial charge on any atom is -0.506 e. The summed E-state index contributed by atoms with van der Waals surface area (Å²) in [4.78, 5) is 29.4. The molecule has 1 amide bonds. The standard InChI is InChI=1S/C24H18ClF3N2O6/c1-34-14-5-3-4-10-6-15(36-20(10)14)22(32)30-9-11(8-25)16-12(30)7-13(31)19-17(16)18(23(33)35-2)21(29-19)24(26,27)28/h3-7,11,29,31H,8-9H2,1-2H3/t11-/m1/s1. The van der Waals surface area contributed by atoms with Gasteiger partial charge in [0.1, 0.15) is 11.4 Å². The summed E-state index contributed by atoms with van der Waals surface area (Å²) < 4.78 is 57.1. The lowest BCUT2D eigenvalue weighted by Gasteiger charge is -2.16. The predicted molar refractivity (Wildman–Crippen MR) is 124 cm³/mol. The number of phenols is 1. The van der Waals surface area contributed by atoms with Crippen LogP contribution in [0.1, 0.15) is 38.1 Å². The molecule has 1 aliphatic heterocycles. The molecule has 0 saturated carbocycles. The molecule has 0 saturated heterocycles. The summed E-state index contributed by atoms with van der Waals surface area (Å²) in [6.07, 6.45) is -4.94. The number of halogens is 4. The number of ether oxygens (including phenoxy) is 2. The fourth-order valence-electron chi connectivity index (χ4n) is 4.69. The molecule has 0 bridgehead atoms. The lowest BCUT2D eigenvalue weighted by Crippen LogP contribution is -2.29. The number of aromatic nitrogens is 1. The predicted octanol–water partition coefficient (Wildman–Crippen LogP) is 5.42. The van der Waals surface area contributed by atoms with Gasteiger partial charge in [0.05, 0.1) is 31.0 Å². The second-order valence-electron chi connectivity index (χ2n) is 8.20. The number of methoxy groups -OCH3 is 2. The van der Waals surface area contributed by atoms with Crippen molar-refractivity contribution in [1.82, 2.24) is 4.98 Å². The Bertz CT molecular complexity index is 1540. The van der Waals surface area contributed by atoms with Crippen molar-refractivity contribution in [2.75, 3.05) is 31.5 Å². The summed E-state index contributed by atoms with van der Waals surface area (Å²) in [6.45, 7) is -0.0163. The molecule has 0 fully saturated rings. The minimum absolute atomic E-state index is 0.0163. The van der Waals surface area contributed by atoms with Gasteiger partial charge in [-0.25, -0.2) is 4.79 Å². The van der Waals surface area contributed by atoms with Crippen molar-refractivity contribution in [1.29, 1.82) is 0 Å². The molecule has 5 rings (SSSR count). The lowest BCUT2D eigenvalue weighted by molar-refractivity contribution is -0.141. The zero-order chi connectivity index (χ0) is 25.9. The maximum absolute atomic E-state index is 13.8. The van der Waals surface area contributed by atoms with Crippen LogP contribution in [-0.4, -0.2) is 48.6 Å². The summed E-state index contributed by atoms with van der Waals surface area (Å²) in [5.41, 5.74) is -1.78. The minimum atomic E-state index is -4.94. The number of furan rings is 1. The molecular weight excluding hydrogens is 505 g/mol. The van der Waals surface area contributed by atoms with E-state index in [2.05, 4.69) is 9.72 Å². The highest BCUT2D eigenvalue weighted by atomic mass is 35.5. The van der Waals surface area contributed by atoms with E-state index in [1.165, 1.54) is 24.1 Å². The first-order valence-corrected chi connectivity index (χ1v) is 11.2. The van der Waals surface area contributed by atoms with Crippen molar-refractivity contribution in [2.24, 2.45) is 0 Å². The molecule has 2 aromatic carbocycles. The molecule has 1 aliphatic rings. The number of phenolic OH excluding ortho intramolecular Hbond substituents is 1. The summed E-state index contributed by atoms with van der Waals surface area (Å²) in [7, 11) is 2.41. The van der Waals surface area contributed by atoms with Gasteiger partial charge in [0.15, 0.2) is 17.1 Å². The van der Waals surface area contributed by atoms with Gasteiger partial charge < -0.3 is 28.9 Å². The number of fused-ring (bicyclic) bond motifs is 4. The Hall–Kier alpha value is -3.86. The second-order valence-corrected chi connectivity index (χ2v) is 8.51. The van der Waals surface area contributed by atoms with Gasteiger partial charge in [0, 0.05) is 35.2 Å². The van der Waals surface area contributed by atoms with E-state index in [1.807, 2.05) is 0 Å². The number of para-hydroxylation sites is 1. The molecule has 3 heterocycles. The van der Waals surface area contributed by atoms with Crippen LogP contribution in [-0.2, 0) is 10.9 Å². The molecule has 12 heteroatoms. The van der Waals surface area contributed by atoms with Crippen LogP contribution in [0.4, 0.5) is 18.9 Å². The van der Waals surface area contributed by atoms with Gasteiger partial charge in [-0.2, -0.15) is 13.2 Å². The SMILES string of the molecule is COC(=O)c1c(C(F)(F)F)[nH]c2c(O)cc3c(c12)[C@H](CCl)CN3C(=O)c1cc2cccc(OC)c2o1. The van der Waals surface area contributed by atoms with E-state index in [0.717, 1.165) is 7.11 Å². The highest BCUT2D eigenvalue weighted by Crippen LogP contribution is 2.49. The van der Waals surface area contributed by atoms with E-state index < -0.39 is 41.0 Å². The van der Waals surface area contributed by atoms with Gasteiger partial charge in [-0.1, -0.05) is 12.1 Å². The molecule has 4 aromatic rings. The van der Waals surface area contributed by atoms with Crippen LogP contribution in [0.25, 0.3) is 21.9 Å². The van der Waals surface area contributed by atoms with E-state index in [1.54, 1.807) is 18.2 Å². The number of alkyl halides is 4. The number of benzene rings is 2. The maximum Gasteiger partial charge on any atom is 0.432 e. The average molecular weight is 523 g/mol. The number of carbonyl (C=O) groups is 2. The first-order valence-electron chi connectivity index (χ1n) is 10.6. The van der Waals surface area contributed by atoms with E-state index >= 15 is 0 Å². The third-order valence-electron chi connectivity index (χ3n) is 6.22. The molecular formula is C24H18ClF3N2O6. The largest absolute Gasteiger partial charge is 0.506 e. The van der Waals surface area contributed by atoms with Crippen LogP contribution in [0, 0.1) is 0 Å². The highest BCUT2D eigenvalue weighted by molar-refractivity contribution is 6.20. The maximum atomic E-state index is 13.8. The zero-order valence-electron chi connectivity index (χ0n) is 18.8. The van der Waals surface area contributed by atoms with Gasteiger partial charge in [0.2, 0.25) is 0 Å². The van der Waals surface area contributed by atoms with Crippen LogP contribution in [0.15, 0.2) is 34.7 Å². The number of nitrogens with one attached hydrogen (secondary N) is 1. The summed E-state index contributed by atoms with van der Waals surface area (Å²) in [6, 6.07) is 7.82. The number of aromatic hydroxyl groups is 1. The number of rotatable bonds is 4. The Morgan fingerprint density at radius 2 is 2.03 bits per heavy atom. The molecule has 2 aromatic heterocycles. The number of anilines is 1. The molecule has 8 nitrogen and oxygen atoms in total. The summed E-state index contributed by atoms with van der Waals surface area (Å²) in [5, 5.41) is 11.1. The number of esters is 1. The number of carbonyl (C=O) groups excluding carboxylic acids is 2. The second kappa shape index (κ2) is 8.37.